The van der Waals surface area contributed by atoms with E-state index < -0.39 is 17.8 Å². The number of carbonyl (C=O) groups excluding carboxylic acids is 1. The molecule has 16 heavy (non-hydrogen) atoms. The zero-order valence-corrected chi connectivity index (χ0v) is 9.01. The molecule has 0 rings (SSSR count). The van der Waals surface area contributed by atoms with Gasteiger partial charge in [-0.25, -0.2) is 0 Å². The Balaban J connectivity index is 4.19. The lowest BCUT2D eigenvalue weighted by Crippen LogP contribution is -2.37. The van der Waals surface area contributed by atoms with Crippen molar-refractivity contribution in [3.8, 4) is 0 Å². The third-order valence-corrected chi connectivity index (χ3v) is 1.81. The van der Waals surface area contributed by atoms with E-state index in [-0.39, 0.29) is 32.5 Å². The molecule has 0 bridgehead atoms. The summed E-state index contributed by atoms with van der Waals surface area (Å²) in [5.41, 5.74) is 0. The molecule has 2 N–H and O–H groups in total. The molecular weight excluding hydrogens is 218 g/mol. The van der Waals surface area contributed by atoms with Gasteiger partial charge in [-0.3, -0.25) is 14.4 Å². The highest BCUT2D eigenvalue weighted by Gasteiger charge is 2.15. The standard InChI is InChI=1S/C9H15NO6/c1-16-6-7(11)10(4-2-8(12)13)5-3-9(14)15/h2-6H2,1H3,(H,12,13)(H,14,15). The molecule has 92 valence electrons. The Morgan fingerprint density at radius 2 is 1.50 bits per heavy atom. The zero-order valence-electron chi connectivity index (χ0n) is 9.01. The van der Waals surface area contributed by atoms with E-state index in [1.54, 1.807) is 0 Å². The molecule has 0 saturated heterocycles. The second-order valence-corrected chi connectivity index (χ2v) is 3.10. The lowest BCUT2D eigenvalue weighted by Gasteiger charge is -2.20. The van der Waals surface area contributed by atoms with Crippen molar-refractivity contribution in [3.63, 3.8) is 0 Å². The van der Waals surface area contributed by atoms with Crippen LogP contribution in [0.1, 0.15) is 12.8 Å². The van der Waals surface area contributed by atoms with Crippen molar-refractivity contribution in [2.24, 2.45) is 0 Å². The van der Waals surface area contributed by atoms with Gasteiger partial charge in [0.2, 0.25) is 5.91 Å². The Labute approximate surface area is 92.6 Å². The van der Waals surface area contributed by atoms with E-state index in [1.165, 1.54) is 12.0 Å². The van der Waals surface area contributed by atoms with Crippen LogP contribution in [0.4, 0.5) is 0 Å². The number of carboxylic acid groups (broad SMARTS) is 2. The largest absolute Gasteiger partial charge is 0.481 e. The van der Waals surface area contributed by atoms with Gasteiger partial charge in [-0.05, 0) is 0 Å². The Morgan fingerprint density at radius 3 is 1.81 bits per heavy atom. The molecule has 0 aliphatic heterocycles. The fourth-order valence-corrected chi connectivity index (χ4v) is 1.04. The molecule has 0 fully saturated rings. The average Bonchev–Trinajstić information content (AvgIpc) is 2.17. The Bertz CT molecular complexity index is 247. The minimum Gasteiger partial charge on any atom is -0.481 e. The number of hydrogen-bond acceptors (Lipinski definition) is 4. The third kappa shape index (κ3) is 6.77. The molecule has 0 spiro atoms. The number of hydrogen-bond donors (Lipinski definition) is 2. The van der Waals surface area contributed by atoms with E-state index in [1.807, 2.05) is 0 Å². The minimum atomic E-state index is -1.04. The van der Waals surface area contributed by atoms with Crippen molar-refractivity contribution >= 4 is 17.8 Å². The SMILES string of the molecule is COCC(=O)N(CCC(=O)O)CCC(=O)O. The molecule has 0 heterocycles. The van der Waals surface area contributed by atoms with Gasteiger partial charge in [0.1, 0.15) is 6.61 Å². The van der Waals surface area contributed by atoms with Crippen molar-refractivity contribution in [2.45, 2.75) is 12.8 Å². The maximum Gasteiger partial charge on any atom is 0.305 e. The van der Waals surface area contributed by atoms with Crippen LogP contribution >= 0.6 is 0 Å². The number of aliphatic carboxylic acids is 2. The van der Waals surface area contributed by atoms with Gasteiger partial charge >= 0.3 is 11.9 Å². The first kappa shape index (κ1) is 14.4. The molecular formula is C9H15NO6. The zero-order chi connectivity index (χ0) is 12.6. The van der Waals surface area contributed by atoms with Crippen LogP contribution in [-0.4, -0.2) is 59.8 Å². The number of methoxy groups -OCH3 is 1. The lowest BCUT2D eigenvalue weighted by atomic mass is 10.3. The van der Waals surface area contributed by atoms with E-state index in [0.29, 0.717) is 0 Å². The van der Waals surface area contributed by atoms with Crippen LogP contribution in [0.3, 0.4) is 0 Å². The topological polar surface area (TPSA) is 104 Å². The number of ether oxygens (including phenoxy) is 1. The number of amides is 1. The van der Waals surface area contributed by atoms with Gasteiger partial charge < -0.3 is 19.8 Å². The number of nitrogens with zero attached hydrogens (tertiary/aromatic N) is 1. The highest BCUT2D eigenvalue weighted by molar-refractivity contribution is 5.78. The summed E-state index contributed by atoms with van der Waals surface area (Å²) < 4.78 is 4.61. The molecule has 0 saturated carbocycles. The highest BCUT2D eigenvalue weighted by Crippen LogP contribution is 1.97. The normalized spacial score (nSPS) is 9.81. The molecule has 1 amide bonds. The second kappa shape index (κ2) is 7.63. The fourth-order valence-electron chi connectivity index (χ4n) is 1.04. The second-order valence-electron chi connectivity index (χ2n) is 3.10. The van der Waals surface area contributed by atoms with Crippen LogP contribution in [0, 0.1) is 0 Å². The molecule has 7 heteroatoms. The maximum absolute atomic E-state index is 11.4. The molecule has 0 unspecified atom stereocenters. The van der Waals surface area contributed by atoms with Gasteiger partial charge in [-0.15, -0.1) is 0 Å². The minimum absolute atomic E-state index is 0.00912. The average molecular weight is 233 g/mol. The summed E-state index contributed by atoms with van der Waals surface area (Å²) >= 11 is 0. The molecule has 0 aromatic heterocycles. The van der Waals surface area contributed by atoms with Crippen LogP contribution in [0.15, 0.2) is 0 Å². The highest BCUT2D eigenvalue weighted by atomic mass is 16.5. The van der Waals surface area contributed by atoms with Gasteiger partial charge in [0, 0.05) is 20.2 Å². The van der Waals surface area contributed by atoms with Crippen LogP contribution in [0.2, 0.25) is 0 Å². The summed E-state index contributed by atoms with van der Waals surface area (Å²) in [4.78, 5) is 33.2. The summed E-state index contributed by atoms with van der Waals surface area (Å²) in [6.45, 7) is -0.200. The van der Waals surface area contributed by atoms with E-state index in [9.17, 15) is 14.4 Å². The van der Waals surface area contributed by atoms with Gasteiger partial charge in [0.15, 0.2) is 0 Å². The molecule has 7 nitrogen and oxygen atoms in total. The summed E-state index contributed by atoms with van der Waals surface area (Å²) in [5, 5.41) is 16.9. The van der Waals surface area contributed by atoms with Gasteiger partial charge in [0.05, 0.1) is 12.8 Å². The predicted octanol–water partition coefficient (Wildman–Crippen LogP) is -0.589. The van der Waals surface area contributed by atoms with Crippen molar-refractivity contribution in [3.05, 3.63) is 0 Å². The Hall–Kier alpha value is -1.63. The lowest BCUT2D eigenvalue weighted by molar-refractivity contribution is -0.140. The first-order valence-electron chi connectivity index (χ1n) is 4.67. The van der Waals surface area contributed by atoms with Crippen LogP contribution in [0.25, 0.3) is 0 Å². The van der Waals surface area contributed by atoms with Gasteiger partial charge in [0.25, 0.3) is 0 Å². The van der Waals surface area contributed by atoms with E-state index >= 15 is 0 Å². The van der Waals surface area contributed by atoms with Crippen molar-refractivity contribution in [1.82, 2.24) is 4.90 Å². The van der Waals surface area contributed by atoms with E-state index in [4.69, 9.17) is 10.2 Å². The number of carbonyl (C=O) groups is 3. The third-order valence-electron chi connectivity index (χ3n) is 1.81. The summed E-state index contributed by atoms with van der Waals surface area (Å²) in [7, 11) is 1.34. The maximum atomic E-state index is 11.4. The van der Waals surface area contributed by atoms with Crippen LogP contribution < -0.4 is 0 Å². The molecule has 0 radical (unpaired) electrons. The molecule has 0 aromatic rings. The smallest absolute Gasteiger partial charge is 0.305 e. The molecule has 0 atom stereocenters. The van der Waals surface area contributed by atoms with Gasteiger partial charge in [-0.2, -0.15) is 0 Å². The predicted molar refractivity (Wildman–Crippen MR) is 53.0 cm³/mol. The van der Waals surface area contributed by atoms with Crippen molar-refractivity contribution < 1.29 is 29.3 Å². The summed E-state index contributed by atoms with van der Waals surface area (Å²) in [6.07, 6.45) is -0.426. The van der Waals surface area contributed by atoms with Crippen LogP contribution in [0.5, 0.6) is 0 Å². The summed E-state index contributed by atoms with van der Waals surface area (Å²) in [6, 6.07) is 0. The van der Waals surface area contributed by atoms with Gasteiger partial charge in [-0.1, -0.05) is 0 Å². The number of carboxylic acids is 2. The van der Waals surface area contributed by atoms with Crippen LogP contribution in [-0.2, 0) is 19.1 Å². The monoisotopic (exact) mass is 233 g/mol. The number of rotatable bonds is 8. The van der Waals surface area contributed by atoms with Crippen molar-refractivity contribution in [1.29, 1.82) is 0 Å². The summed E-state index contributed by atoms with van der Waals surface area (Å²) in [5.74, 6) is -2.49. The first-order valence-corrected chi connectivity index (χ1v) is 4.67. The quantitative estimate of drug-likeness (QED) is 0.580. The fraction of sp³-hybridized carbons (Fsp3) is 0.667. The molecule has 0 aromatic carbocycles. The molecule has 0 aliphatic rings. The Morgan fingerprint density at radius 1 is 1.06 bits per heavy atom. The first-order chi connectivity index (χ1) is 7.47. The van der Waals surface area contributed by atoms with E-state index in [2.05, 4.69) is 4.74 Å². The van der Waals surface area contributed by atoms with E-state index in [0.717, 1.165) is 0 Å². The molecule has 0 aliphatic carbocycles. The van der Waals surface area contributed by atoms with Crippen molar-refractivity contribution in [2.75, 3.05) is 26.8 Å². The Kier molecular flexibility index (Phi) is 6.86.